The highest BCUT2D eigenvalue weighted by atomic mass is 79.9. The van der Waals surface area contributed by atoms with Gasteiger partial charge in [-0.3, -0.25) is 4.79 Å². The minimum absolute atomic E-state index is 0.0721. The summed E-state index contributed by atoms with van der Waals surface area (Å²) in [6.45, 7) is 3.91. The molecule has 0 atom stereocenters. The van der Waals surface area contributed by atoms with E-state index in [-0.39, 0.29) is 12.4 Å². The lowest BCUT2D eigenvalue weighted by atomic mass is 9.97. The number of hydrogen-bond donors (Lipinski definition) is 0. The summed E-state index contributed by atoms with van der Waals surface area (Å²) < 4.78 is 8.09. The number of fused-ring (bicyclic) bond motifs is 3. The second kappa shape index (κ2) is 6.25. The zero-order chi connectivity index (χ0) is 18.4. The third kappa shape index (κ3) is 2.35. The van der Waals surface area contributed by atoms with Crippen molar-refractivity contribution in [3.8, 4) is 16.8 Å². The Morgan fingerprint density at radius 3 is 2.50 bits per heavy atom. The van der Waals surface area contributed by atoms with E-state index in [4.69, 9.17) is 4.74 Å². The van der Waals surface area contributed by atoms with Crippen molar-refractivity contribution in [3.63, 3.8) is 0 Å². The van der Waals surface area contributed by atoms with Crippen LogP contribution in [-0.2, 0) is 4.74 Å². The van der Waals surface area contributed by atoms with Crippen LogP contribution in [0.3, 0.4) is 0 Å². The molecule has 0 aliphatic carbocycles. The van der Waals surface area contributed by atoms with Crippen LogP contribution in [0.1, 0.15) is 39.0 Å². The second-order valence-electron chi connectivity index (χ2n) is 6.09. The zero-order valence-electron chi connectivity index (χ0n) is 14.4. The Labute approximate surface area is 159 Å². The fourth-order valence-electron chi connectivity index (χ4n) is 3.55. The van der Waals surface area contributed by atoms with E-state index in [9.17, 15) is 9.59 Å². The van der Waals surface area contributed by atoms with Crippen molar-refractivity contribution < 1.29 is 14.3 Å². The first-order valence-electron chi connectivity index (χ1n) is 8.37. The smallest absolute Gasteiger partial charge is 0.340 e. The van der Waals surface area contributed by atoms with Crippen molar-refractivity contribution in [2.45, 2.75) is 13.8 Å². The lowest BCUT2D eigenvalue weighted by Crippen LogP contribution is -2.08. The second-order valence-corrected chi connectivity index (χ2v) is 7.01. The van der Waals surface area contributed by atoms with Gasteiger partial charge in [0.2, 0.25) is 5.78 Å². The van der Waals surface area contributed by atoms with E-state index >= 15 is 0 Å². The van der Waals surface area contributed by atoms with Gasteiger partial charge in [-0.2, -0.15) is 0 Å². The van der Waals surface area contributed by atoms with Gasteiger partial charge in [-0.1, -0.05) is 40.2 Å². The summed E-state index contributed by atoms with van der Waals surface area (Å²) in [5.41, 5.74) is 4.60. The number of hydrogen-bond acceptors (Lipinski definition) is 3. The standard InChI is InChI=1S/C21H16BrNO3/c1-3-26-21(25)17-12(2)23-16-7-5-4-6-15(16)20(24)19(23)18(17)13-8-10-14(22)11-9-13/h4-11H,3H2,1-2H3. The minimum Gasteiger partial charge on any atom is -0.462 e. The Morgan fingerprint density at radius 2 is 1.81 bits per heavy atom. The van der Waals surface area contributed by atoms with Crippen LogP contribution in [0.4, 0.5) is 0 Å². The van der Waals surface area contributed by atoms with Crippen LogP contribution in [0.5, 0.6) is 0 Å². The number of rotatable bonds is 3. The molecule has 2 aromatic carbocycles. The average Bonchev–Trinajstić information content (AvgIpc) is 3.10. The molecule has 0 spiro atoms. The van der Waals surface area contributed by atoms with Crippen LogP contribution in [-0.4, -0.2) is 22.9 Å². The van der Waals surface area contributed by atoms with Gasteiger partial charge in [0.15, 0.2) is 0 Å². The molecule has 5 heteroatoms. The summed E-state index contributed by atoms with van der Waals surface area (Å²) >= 11 is 3.43. The molecule has 1 aromatic heterocycles. The van der Waals surface area contributed by atoms with Crippen molar-refractivity contribution in [2.75, 3.05) is 6.61 Å². The van der Waals surface area contributed by atoms with Gasteiger partial charge in [-0.25, -0.2) is 4.79 Å². The van der Waals surface area contributed by atoms with Crippen LogP contribution < -0.4 is 0 Å². The van der Waals surface area contributed by atoms with Gasteiger partial charge < -0.3 is 9.30 Å². The molecule has 3 aromatic rings. The molecule has 2 heterocycles. The number of carbonyl (C=O) groups excluding carboxylic acids is 2. The van der Waals surface area contributed by atoms with Crippen LogP contribution in [0.25, 0.3) is 16.8 Å². The quantitative estimate of drug-likeness (QED) is 0.450. The highest BCUT2D eigenvalue weighted by Gasteiger charge is 2.36. The molecule has 1 aliphatic rings. The molecule has 130 valence electrons. The molecular weight excluding hydrogens is 394 g/mol. The lowest BCUT2D eigenvalue weighted by Gasteiger charge is -2.08. The van der Waals surface area contributed by atoms with E-state index in [1.54, 1.807) is 6.92 Å². The Kier molecular flexibility index (Phi) is 4.04. The summed E-state index contributed by atoms with van der Waals surface area (Å²) in [5, 5.41) is 0. The summed E-state index contributed by atoms with van der Waals surface area (Å²) in [5.74, 6) is -0.479. The van der Waals surface area contributed by atoms with Crippen molar-refractivity contribution in [1.82, 2.24) is 4.57 Å². The summed E-state index contributed by atoms with van der Waals surface area (Å²) in [4.78, 5) is 25.8. The van der Waals surface area contributed by atoms with Crippen LogP contribution in [0.2, 0.25) is 0 Å². The number of carbonyl (C=O) groups is 2. The maximum absolute atomic E-state index is 13.1. The maximum Gasteiger partial charge on any atom is 0.340 e. The minimum atomic E-state index is -0.407. The third-order valence-corrected chi connectivity index (χ3v) is 5.15. The van der Waals surface area contributed by atoms with Crippen LogP contribution >= 0.6 is 15.9 Å². The van der Waals surface area contributed by atoms with E-state index in [1.165, 1.54) is 0 Å². The molecule has 4 rings (SSSR count). The number of ether oxygens (including phenoxy) is 1. The Hall–Kier alpha value is -2.66. The molecule has 4 nitrogen and oxygen atoms in total. The zero-order valence-corrected chi connectivity index (χ0v) is 16.0. The van der Waals surface area contributed by atoms with Crippen molar-refractivity contribution >= 4 is 27.7 Å². The molecule has 0 N–H and O–H groups in total. The number of ketones is 1. The van der Waals surface area contributed by atoms with Gasteiger partial charge in [-0.15, -0.1) is 0 Å². The van der Waals surface area contributed by atoms with Crippen LogP contribution in [0.15, 0.2) is 53.0 Å². The van der Waals surface area contributed by atoms with Gasteiger partial charge in [0.1, 0.15) is 5.69 Å². The first kappa shape index (κ1) is 16.8. The number of halogens is 1. The van der Waals surface area contributed by atoms with Gasteiger partial charge in [0.25, 0.3) is 0 Å². The fraction of sp³-hybridized carbons (Fsp3) is 0.143. The number of esters is 1. The number of para-hydroxylation sites is 1. The van der Waals surface area contributed by atoms with E-state index < -0.39 is 5.97 Å². The third-order valence-electron chi connectivity index (χ3n) is 4.62. The van der Waals surface area contributed by atoms with E-state index in [0.29, 0.717) is 22.4 Å². The molecule has 0 radical (unpaired) electrons. The monoisotopic (exact) mass is 409 g/mol. The maximum atomic E-state index is 13.1. The normalized spacial score (nSPS) is 12.0. The lowest BCUT2D eigenvalue weighted by molar-refractivity contribution is 0.0526. The first-order valence-corrected chi connectivity index (χ1v) is 9.16. The molecule has 0 amide bonds. The molecule has 0 saturated carbocycles. The van der Waals surface area contributed by atoms with Crippen LogP contribution in [0, 0.1) is 6.92 Å². The number of aromatic nitrogens is 1. The topological polar surface area (TPSA) is 48.3 Å². The predicted octanol–water partition coefficient (Wildman–Crippen LogP) is 4.94. The summed E-state index contributed by atoms with van der Waals surface area (Å²) in [6, 6.07) is 15.1. The highest BCUT2D eigenvalue weighted by Crippen LogP contribution is 2.41. The van der Waals surface area contributed by atoms with E-state index in [0.717, 1.165) is 21.4 Å². The predicted molar refractivity (Wildman–Crippen MR) is 103 cm³/mol. The van der Waals surface area contributed by atoms with E-state index in [1.807, 2.05) is 60.0 Å². The Balaban J connectivity index is 2.06. The number of nitrogens with zero attached hydrogens (tertiary/aromatic N) is 1. The summed E-state index contributed by atoms with van der Waals surface area (Å²) in [7, 11) is 0. The molecular formula is C21H16BrNO3. The van der Waals surface area contributed by atoms with Gasteiger partial charge in [0, 0.05) is 21.3 Å². The van der Waals surface area contributed by atoms with Crippen molar-refractivity contribution in [1.29, 1.82) is 0 Å². The van der Waals surface area contributed by atoms with Crippen molar-refractivity contribution in [3.05, 3.63) is 75.5 Å². The number of benzene rings is 2. The van der Waals surface area contributed by atoms with Gasteiger partial charge in [-0.05, 0) is 43.7 Å². The summed E-state index contributed by atoms with van der Waals surface area (Å²) in [6.07, 6.45) is 0. The molecule has 26 heavy (non-hydrogen) atoms. The highest BCUT2D eigenvalue weighted by molar-refractivity contribution is 9.10. The molecule has 1 aliphatic heterocycles. The Bertz CT molecular complexity index is 1050. The fourth-order valence-corrected chi connectivity index (χ4v) is 3.81. The molecule has 0 bridgehead atoms. The van der Waals surface area contributed by atoms with Gasteiger partial charge >= 0.3 is 5.97 Å². The Morgan fingerprint density at radius 1 is 1.12 bits per heavy atom. The molecule has 0 unspecified atom stereocenters. The SMILES string of the molecule is CCOC(=O)c1c(-c2ccc(Br)cc2)c2n(c1C)-c1ccccc1C2=O. The van der Waals surface area contributed by atoms with Crippen molar-refractivity contribution in [2.24, 2.45) is 0 Å². The van der Waals surface area contributed by atoms with Gasteiger partial charge in [0.05, 0.1) is 17.9 Å². The van der Waals surface area contributed by atoms with E-state index in [2.05, 4.69) is 15.9 Å². The average molecular weight is 410 g/mol. The molecule has 0 fully saturated rings. The first-order chi connectivity index (χ1) is 12.5. The molecule has 0 saturated heterocycles. The largest absolute Gasteiger partial charge is 0.462 e.